The van der Waals surface area contributed by atoms with E-state index in [1.165, 1.54) is 11.5 Å². The standard InChI is InChI=1S/C6H9N3OS/c1-3-10-7-4-6-5(2)8-9-11-6/h4H,3H2,1-2H3/b7-4+. The lowest BCUT2D eigenvalue weighted by Crippen LogP contribution is -1.83. The second-order valence-corrected chi connectivity index (χ2v) is 2.66. The van der Waals surface area contributed by atoms with Crippen LogP contribution in [0.15, 0.2) is 5.16 Å². The molecule has 4 nitrogen and oxygen atoms in total. The van der Waals surface area contributed by atoms with Gasteiger partial charge in [-0.15, -0.1) is 5.10 Å². The molecule has 0 aliphatic rings. The number of aromatic nitrogens is 2. The summed E-state index contributed by atoms with van der Waals surface area (Å²) in [6, 6.07) is 0. The quantitative estimate of drug-likeness (QED) is 0.507. The zero-order valence-corrected chi connectivity index (χ0v) is 7.26. The highest BCUT2D eigenvalue weighted by Gasteiger charge is 1.97. The van der Waals surface area contributed by atoms with E-state index in [4.69, 9.17) is 4.84 Å². The highest BCUT2D eigenvalue weighted by atomic mass is 32.1. The normalized spacial score (nSPS) is 10.7. The Morgan fingerprint density at radius 1 is 1.73 bits per heavy atom. The predicted octanol–water partition coefficient (Wildman–Crippen LogP) is 1.22. The maximum atomic E-state index is 4.78. The van der Waals surface area contributed by atoms with Gasteiger partial charge in [0.2, 0.25) is 0 Å². The van der Waals surface area contributed by atoms with Crippen LogP contribution < -0.4 is 0 Å². The summed E-state index contributed by atoms with van der Waals surface area (Å²) in [4.78, 5) is 5.73. The van der Waals surface area contributed by atoms with Crippen LogP contribution in [0.4, 0.5) is 0 Å². The summed E-state index contributed by atoms with van der Waals surface area (Å²) >= 11 is 1.31. The fourth-order valence-electron chi connectivity index (χ4n) is 0.518. The molecular formula is C6H9N3OS. The van der Waals surface area contributed by atoms with Crippen LogP contribution in [0.2, 0.25) is 0 Å². The second kappa shape index (κ2) is 4.02. The zero-order chi connectivity index (χ0) is 8.10. The Kier molecular flexibility index (Phi) is 2.97. The summed E-state index contributed by atoms with van der Waals surface area (Å²) < 4.78 is 3.75. The predicted molar refractivity (Wildman–Crippen MR) is 43.9 cm³/mol. The summed E-state index contributed by atoms with van der Waals surface area (Å²) in [6.07, 6.45) is 1.63. The Morgan fingerprint density at radius 2 is 2.55 bits per heavy atom. The minimum Gasteiger partial charge on any atom is -0.396 e. The third-order valence-corrected chi connectivity index (χ3v) is 1.82. The molecule has 0 aliphatic carbocycles. The molecule has 0 saturated carbocycles. The van der Waals surface area contributed by atoms with Gasteiger partial charge in [-0.05, 0) is 25.4 Å². The first-order valence-corrected chi connectivity index (χ1v) is 4.06. The van der Waals surface area contributed by atoms with E-state index in [1.54, 1.807) is 6.21 Å². The topological polar surface area (TPSA) is 47.4 Å². The van der Waals surface area contributed by atoms with Gasteiger partial charge in [-0.3, -0.25) is 0 Å². The molecule has 5 heteroatoms. The van der Waals surface area contributed by atoms with Crippen molar-refractivity contribution in [3.63, 3.8) is 0 Å². The van der Waals surface area contributed by atoms with Crippen molar-refractivity contribution < 1.29 is 4.84 Å². The maximum Gasteiger partial charge on any atom is 0.114 e. The van der Waals surface area contributed by atoms with Crippen LogP contribution in [0, 0.1) is 6.92 Å². The summed E-state index contributed by atoms with van der Waals surface area (Å²) in [5.74, 6) is 0. The van der Waals surface area contributed by atoms with Crippen LogP contribution in [0.1, 0.15) is 17.5 Å². The summed E-state index contributed by atoms with van der Waals surface area (Å²) in [5, 5.41) is 7.52. The fourth-order valence-corrected chi connectivity index (χ4v) is 1.03. The van der Waals surface area contributed by atoms with Gasteiger partial charge < -0.3 is 4.84 Å². The molecule has 0 N–H and O–H groups in total. The van der Waals surface area contributed by atoms with Gasteiger partial charge in [-0.1, -0.05) is 9.64 Å². The number of hydrogen-bond acceptors (Lipinski definition) is 5. The SMILES string of the molecule is CCO/N=C/c1snnc1C. The summed E-state index contributed by atoms with van der Waals surface area (Å²) in [5.41, 5.74) is 0.887. The fraction of sp³-hybridized carbons (Fsp3) is 0.500. The highest BCUT2D eigenvalue weighted by molar-refractivity contribution is 7.07. The third kappa shape index (κ3) is 2.27. The molecule has 1 rings (SSSR count). The van der Waals surface area contributed by atoms with E-state index >= 15 is 0 Å². The first-order valence-electron chi connectivity index (χ1n) is 3.29. The van der Waals surface area contributed by atoms with Crippen molar-refractivity contribution in [1.82, 2.24) is 9.59 Å². The lowest BCUT2D eigenvalue weighted by molar-refractivity contribution is 0.160. The van der Waals surface area contributed by atoms with Gasteiger partial charge in [-0.25, -0.2) is 0 Å². The van der Waals surface area contributed by atoms with Crippen molar-refractivity contribution in [2.75, 3.05) is 6.61 Å². The summed E-state index contributed by atoms with van der Waals surface area (Å²) in [7, 11) is 0. The van der Waals surface area contributed by atoms with Gasteiger partial charge in [-0.2, -0.15) is 0 Å². The molecule has 1 aromatic heterocycles. The van der Waals surface area contributed by atoms with Crippen molar-refractivity contribution in [2.45, 2.75) is 13.8 Å². The molecule has 0 unspecified atom stereocenters. The molecular weight excluding hydrogens is 162 g/mol. The van der Waals surface area contributed by atoms with Crippen LogP contribution in [0.25, 0.3) is 0 Å². The molecule has 0 saturated heterocycles. The van der Waals surface area contributed by atoms with Crippen LogP contribution in [-0.2, 0) is 4.84 Å². The number of nitrogens with zero attached hydrogens (tertiary/aromatic N) is 3. The molecule has 0 radical (unpaired) electrons. The smallest absolute Gasteiger partial charge is 0.114 e. The molecule has 0 amide bonds. The van der Waals surface area contributed by atoms with Gasteiger partial charge in [0.1, 0.15) is 6.61 Å². The van der Waals surface area contributed by atoms with Crippen molar-refractivity contribution in [3.05, 3.63) is 10.6 Å². The Balaban J connectivity index is 2.56. The number of hydrogen-bond donors (Lipinski definition) is 0. The van der Waals surface area contributed by atoms with Crippen molar-refractivity contribution in [1.29, 1.82) is 0 Å². The van der Waals surface area contributed by atoms with Crippen molar-refractivity contribution in [3.8, 4) is 0 Å². The zero-order valence-electron chi connectivity index (χ0n) is 6.44. The van der Waals surface area contributed by atoms with E-state index in [9.17, 15) is 0 Å². The lowest BCUT2D eigenvalue weighted by Gasteiger charge is -1.88. The molecule has 11 heavy (non-hydrogen) atoms. The average molecular weight is 171 g/mol. The molecule has 1 heterocycles. The van der Waals surface area contributed by atoms with E-state index in [1.807, 2.05) is 13.8 Å². The number of oxime groups is 1. The van der Waals surface area contributed by atoms with E-state index in [-0.39, 0.29) is 0 Å². The lowest BCUT2D eigenvalue weighted by atomic mass is 10.4. The minimum absolute atomic E-state index is 0.585. The van der Waals surface area contributed by atoms with E-state index < -0.39 is 0 Å². The Bertz CT molecular complexity index is 246. The molecule has 0 aliphatic heterocycles. The first-order chi connectivity index (χ1) is 5.34. The van der Waals surface area contributed by atoms with Gasteiger partial charge in [0.25, 0.3) is 0 Å². The average Bonchev–Trinajstić information content (AvgIpc) is 2.37. The maximum absolute atomic E-state index is 4.78. The molecule has 0 aromatic carbocycles. The van der Waals surface area contributed by atoms with Crippen LogP contribution in [-0.4, -0.2) is 22.4 Å². The molecule has 60 valence electrons. The Morgan fingerprint density at radius 3 is 3.09 bits per heavy atom. The third-order valence-electron chi connectivity index (χ3n) is 1.06. The highest BCUT2D eigenvalue weighted by Crippen LogP contribution is 2.04. The van der Waals surface area contributed by atoms with E-state index in [0.717, 1.165) is 10.6 Å². The van der Waals surface area contributed by atoms with Gasteiger partial charge in [0.05, 0.1) is 16.8 Å². The van der Waals surface area contributed by atoms with Gasteiger partial charge in [0, 0.05) is 0 Å². The van der Waals surface area contributed by atoms with Crippen molar-refractivity contribution in [2.24, 2.45) is 5.16 Å². The van der Waals surface area contributed by atoms with Crippen LogP contribution >= 0.6 is 11.5 Å². The molecule has 0 atom stereocenters. The largest absolute Gasteiger partial charge is 0.396 e. The molecule has 0 bridgehead atoms. The van der Waals surface area contributed by atoms with Crippen LogP contribution in [0.3, 0.4) is 0 Å². The number of rotatable bonds is 3. The first kappa shape index (κ1) is 8.13. The molecule has 0 spiro atoms. The Hall–Kier alpha value is -0.970. The molecule has 0 fully saturated rings. The van der Waals surface area contributed by atoms with Crippen LogP contribution in [0.5, 0.6) is 0 Å². The van der Waals surface area contributed by atoms with E-state index in [0.29, 0.717) is 6.61 Å². The minimum atomic E-state index is 0.585. The van der Waals surface area contributed by atoms with E-state index in [2.05, 4.69) is 14.7 Å². The molecule has 1 aromatic rings. The van der Waals surface area contributed by atoms with Gasteiger partial charge in [0.15, 0.2) is 0 Å². The second-order valence-electron chi connectivity index (χ2n) is 1.87. The monoisotopic (exact) mass is 171 g/mol. The van der Waals surface area contributed by atoms with Gasteiger partial charge >= 0.3 is 0 Å². The summed E-state index contributed by atoms with van der Waals surface area (Å²) in [6.45, 7) is 4.35. The number of aryl methyl sites for hydroxylation is 1. The Labute approximate surface area is 69.0 Å². The van der Waals surface area contributed by atoms with Crippen molar-refractivity contribution >= 4 is 17.7 Å².